The fourth-order valence-corrected chi connectivity index (χ4v) is 1.67. The summed E-state index contributed by atoms with van der Waals surface area (Å²) in [6.45, 7) is 2.42. The molecule has 0 aromatic heterocycles. The predicted molar refractivity (Wildman–Crippen MR) is 68.5 cm³/mol. The number of unbranched alkanes of at least 4 members (excludes halogenated alkanes) is 1. The molecule has 1 rings (SSSR count). The van der Waals surface area contributed by atoms with Gasteiger partial charge in [-0.15, -0.1) is 12.3 Å². The SMILES string of the molecule is C#CCCCC(=O)C(OCC)c1ccccc1. The van der Waals surface area contributed by atoms with E-state index in [0.29, 0.717) is 19.4 Å². The van der Waals surface area contributed by atoms with Crippen molar-refractivity contribution in [2.24, 2.45) is 0 Å². The highest BCUT2D eigenvalue weighted by Gasteiger charge is 2.19. The average Bonchev–Trinajstić information content (AvgIpc) is 2.37. The Morgan fingerprint density at radius 1 is 1.41 bits per heavy atom. The Bertz CT molecular complexity index is 376. The molecule has 0 aliphatic rings. The first-order valence-electron chi connectivity index (χ1n) is 5.92. The summed E-state index contributed by atoms with van der Waals surface area (Å²) < 4.78 is 5.52. The zero-order valence-electron chi connectivity index (χ0n) is 10.2. The summed E-state index contributed by atoms with van der Waals surface area (Å²) >= 11 is 0. The van der Waals surface area contributed by atoms with E-state index in [-0.39, 0.29) is 5.78 Å². The maximum atomic E-state index is 12.0. The van der Waals surface area contributed by atoms with Crippen LogP contribution in [0.25, 0.3) is 0 Å². The molecule has 1 aromatic carbocycles. The van der Waals surface area contributed by atoms with Gasteiger partial charge in [0, 0.05) is 19.4 Å². The number of carbonyl (C=O) groups is 1. The molecule has 17 heavy (non-hydrogen) atoms. The highest BCUT2D eigenvalue weighted by atomic mass is 16.5. The fraction of sp³-hybridized carbons (Fsp3) is 0.400. The third-order valence-corrected chi connectivity index (χ3v) is 2.47. The Labute approximate surface area is 103 Å². The van der Waals surface area contributed by atoms with Gasteiger partial charge in [-0.3, -0.25) is 4.79 Å². The van der Waals surface area contributed by atoms with Crippen LogP contribution in [0.5, 0.6) is 0 Å². The Morgan fingerprint density at radius 2 is 2.12 bits per heavy atom. The minimum Gasteiger partial charge on any atom is -0.366 e. The largest absolute Gasteiger partial charge is 0.366 e. The van der Waals surface area contributed by atoms with Crippen molar-refractivity contribution < 1.29 is 9.53 Å². The highest BCUT2D eigenvalue weighted by Crippen LogP contribution is 2.20. The maximum Gasteiger partial charge on any atom is 0.166 e. The zero-order chi connectivity index (χ0) is 12.5. The lowest BCUT2D eigenvalue weighted by molar-refractivity contribution is -0.130. The molecular formula is C15H18O2. The van der Waals surface area contributed by atoms with Crippen LogP contribution in [0.4, 0.5) is 0 Å². The summed E-state index contributed by atoms with van der Waals surface area (Å²) in [7, 11) is 0. The summed E-state index contributed by atoms with van der Waals surface area (Å²) in [5.74, 6) is 2.65. The number of terminal acetylenes is 1. The van der Waals surface area contributed by atoms with Gasteiger partial charge in [0.1, 0.15) is 6.10 Å². The van der Waals surface area contributed by atoms with Crippen molar-refractivity contribution in [3.05, 3.63) is 35.9 Å². The molecule has 0 heterocycles. The molecule has 2 heteroatoms. The molecule has 0 aliphatic carbocycles. The zero-order valence-corrected chi connectivity index (χ0v) is 10.2. The Hall–Kier alpha value is -1.59. The molecule has 0 N–H and O–H groups in total. The van der Waals surface area contributed by atoms with Crippen LogP contribution in [0.3, 0.4) is 0 Å². The second-order valence-electron chi connectivity index (χ2n) is 3.77. The Morgan fingerprint density at radius 3 is 2.71 bits per heavy atom. The van der Waals surface area contributed by atoms with E-state index >= 15 is 0 Å². The van der Waals surface area contributed by atoms with E-state index < -0.39 is 6.10 Å². The lowest BCUT2D eigenvalue weighted by atomic mass is 10.0. The van der Waals surface area contributed by atoms with Gasteiger partial charge in [0.15, 0.2) is 5.78 Å². The van der Waals surface area contributed by atoms with Gasteiger partial charge in [0.25, 0.3) is 0 Å². The van der Waals surface area contributed by atoms with Gasteiger partial charge in [0.05, 0.1) is 0 Å². The van der Waals surface area contributed by atoms with Crippen LogP contribution in [0.2, 0.25) is 0 Å². The summed E-state index contributed by atoms with van der Waals surface area (Å²) in [4.78, 5) is 12.0. The minimum absolute atomic E-state index is 0.105. The van der Waals surface area contributed by atoms with E-state index in [1.807, 2.05) is 37.3 Å². The Kier molecular flexibility index (Phi) is 6.06. The third kappa shape index (κ3) is 4.42. The van der Waals surface area contributed by atoms with Gasteiger partial charge in [-0.05, 0) is 18.9 Å². The first kappa shape index (κ1) is 13.5. The van der Waals surface area contributed by atoms with Gasteiger partial charge < -0.3 is 4.74 Å². The van der Waals surface area contributed by atoms with E-state index in [1.165, 1.54) is 0 Å². The number of benzene rings is 1. The molecule has 1 unspecified atom stereocenters. The van der Waals surface area contributed by atoms with Crippen LogP contribution in [-0.2, 0) is 9.53 Å². The highest BCUT2D eigenvalue weighted by molar-refractivity contribution is 5.84. The van der Waals surface area contributed by atoms with Crippen molar-refractivity contribution in [1.82, 2.24) is 0 Å². The van der Waals surface area contributed by atoms with Crippen molar-refractivity contribution in [2.75, 3.05) is 6.61 Å². The van der Waals surface area contributed by atoms with Crippen molar-refractivity contribution >= 4 is 5.78 Å². The number of hydrogen-bond donors (Lipinski definition) is 0. The normalized spacial score (nSPS) is 11.8. The van der Waals surface area contributed by atoms with Crippen LogP contribution in [-0.4, -0.2) is 12.4 Å². The summed E-state index contributed by atoms with van der Waals surface area (Å²) in [5.41, 5.74) is 0.917. The molecule has 0 saturated carbocycles. The van der Waals surface area contributed by atoms with E-state index in [9.17, 15) is 4.79 Å². The number of hydrogen-bond acceptors (Lipinski definition) is 2. The van der Waals surface area contributed by atoms with Crippen LogP contribution >= 0.6 is 0 Å². The third-order valence-electron chi connectivity index (χ3n) is 2.47. The lowest BCUT2D eigenvalue weighted by Crippen LogP contribution is -2.16. The molecule has 0 aliphatic heterocycles. The Balaban J connectivity index is 2.66. The van der Waals surface area contributed by atoms with Gasteiger partial charge in [-0.25, -0.2) is 0 Å². The van der Waals surface area contributed by atoms with E-state index in [0.717, 1.165) is 12.0 Å². The van der Waals surface area contributed by atoms with E-state index in [4.69, 9.17) is 11.2 Å². The quantitative estimate of drug-likeness (QED) is 0.531. The lowest BCUT2D eigenvalue weighted by Gasteiger charge is -2.15. The fourth-order valence-electron chi connectivity index (χ4n) is 1.67. The summed E-state index contributed by atoms with van der Waals surface area (Å²) in [5, 5.41) is 0. The van der Waals surface area contributed by atoms with Crippen LogP contribution in [0.15, 0.2) is 30.3 Å². The monoisotopic (exact) mass is 230 g/mol. The predicted octanol–water partition coefficient (Wildman–Crippen LogP) is 3.14. The molecule has 2 nitrogen and oxygen atoms in total. The van der Waals surface area contributed by atoms with Gasteiger partial charge >= 0.3 is 0 Å². The molecule has 1 aromatic rings. The van der Waals surface area contributed by atoms with Crippen molar-refractivity contribution in [2.45, 2.75) is 32.3 Å². The van der Waals surface area contributed by atoms with Crippen molar-refractivity contribution in [3.63, 3.8) is 0 Å². The molecule has 0 saturated heterocycles. The minimum atomic E-state index is -0.445. The first-order chi connectivity index (χ1) is 8.29. The van der Waals surface area contributed by atoms with Gasteiger partial charge in [0.2, 0.25) is 0 Å². The van der Waals surface area contributed by atoms with Crippen LogP contribution in [0.1, 0.15) is 37.9 Å². The second kappa shape index (κ2) is 7.65. The maximum absolute atomic E-state index is 12.0. The molecule has 1 atom stereocenters. The molecule has 0 spiro atoms. The summed E-state index contributed by atoms with van der Waals surface area (Å²) in [6, 6.07) is 9.58. The number of carbonyl (C=O) groups excluding carboxylic acids is 1. The van der Waals surface area contributed by atoms with Crippen molar-refractivity contribution in [3.8, 4) is 12.3 Å². The van der Waals surface area contributed by atoms with E-state index in [1.54, 1.807) is 0 Å². The smallest absolute Gasteiger partial charge is 0.166 e. The number of rotatable bonds is 7. The molecule has 90 valence electrons. The van der Waals surface area contributed by atoms with E-state index in [2.05, 4.69) is 5.92 Å². The molecule has 0 bridgehead atoms. The van der Waals surface area contributed by atoms with Gasteiger partial charge in [-0.1, -0.05) is 30.3 Å². The van der Waals surface area contributed by atoms with Crippen LogP contribution < -0.4 is 0 Å². The second-order valence-corrected chi connectivity index (χ2v) is 3.77. The standard InChI is InChI=1S/C15H18O2/c1-3-5-7-12-14(16)15(17-4-2)13-10-8-6-9-11-13/h1,6,8-11,15H,4-5,7,12H2,2H3. The number of ether oxygens (including phenoxy) is 1. The first-order valence-corrected chi connectivity index (χ1v) is 5.92. The average molecular weight is 230 g/mol. The molecular weight excluding hydrogens is 212 g/mol. The summed E-state index contributed by atoms with van der Waals surface area (Å²) in [6.07, 6.45) is 6.56. The topological polar surface area (TPSA) is 26.3 Å². The number of ketones is 1. The van der Waals surface area contributed by atoms with Crippen molar-refractivity contribution in [1.29, 1.82) is 0 Å². The number of Topliss-reactive ketones (excluding diaryl/α,β-unsaturated/α-hetero) is 1. The van der Waals surface area contributed by atoms with Crippen LogP contribution in [0, 0.1) is 12.3 Å². The molecule has 0 fully saturated rings. The van der Waals surface area contributed by atoms with Gasteiger partial charge in [-0.2, -0.15) is 0 Å². The molecule has 0 radical (unpaired) electrons. The molecule has 0 amide bonds.